The van der Waals surface area contributed by atoms with E-state index in [2.05, 4.69) is 0 Å². The topological polar surface area (TPSA) is 51.2 Å². The summed E-state index contributed by atoms with van der Waals surface area (Å²) in [5.41, 5.74) is 1.05. The fraction of sp³-hybridized carbons (Fsp3) is 0.417. The molecule has 1 aromatic carbocycles. The van der Waals surface area contributed by atoms with Crippen molar-refractivity contribution in [3.8, 4) is 0 Å². The number of sulfone groups is 1. The fourth-order valence-corrected chi connectivity index (χ4v) is 3.72. The molecule has 0 N–H and O–H groups in total. The Morgan fingerprint density at radius 3 is 2.82 bits per heavy atom. The monoisotopic (exact) mass is 270 g/mol. The summed E-state index contributed by atoms with van der Waals surface area (Å²) >= 11 is 1.67. The van der Waals surface area contributed by atoms with Gasteiger partial charge in [-0.05, 0) is 11.6 Å². The van der Waals surface area contributed by atoms with Crippen LogP contribution >= 0.6 is 11.8 Å². The molecule has 1 unspecified atom stereocenters. The van der Waals surface area contributed by atoms with E-state index in [1.54, 1.807) is 11.8 Å². The summed E-state index contributed by atoms with van der Waals surface area (Å²) in [7, 11) is -3.05. The molecule has 0 aliphatic carbocycles. The van der Waals surface area contributed by atoms with Crippen molar-refractivity contribution in [1.29, 1.82) is 0 Å². The van der Waals surface area contributed by atoms with Crippen LogP contribution in [0.25, 0.3) is 0 Å². The van der Waals surface area contributed by atoms with Crippen LogP contribution in [0.4, 0.5) is 0 Å². The van der Waals surface area contributed by atoms with Crippen LogP contribution in [0.2, 0.25) is 0 Å². The average Bonchev–Trinajstić information content (AvgIpc) is 2.68. The predicted molar refractivity (Wildman–Crippen MR) is 69.2 cm³/mol. The first-order chi connectivity index (χ1) is 7.97. The number of carbonyl (C=O) groups is 1. The van der Waals surface area contributed by atoms with Crippen molar-refractivity contribution in [3.05, 3.63) is 29.8 Å². The minimum atomic E-state index is -3.05. The molecule has 0 bridgehead atoms. The van der Waals surface area contributed by atoms with Crippen LogP contribution in [0, 0.1) is 0 Å². The van der Waals surface area contributed by atoms with E-state index in [1.165, 1.54) is 0 Å². The highest BCUT2D eigenvalue weighted by molar-refractivity contribution is 7.99. The van der Waals surface area contributed by atoms with E-state index < -0.39 is 9.84 Å². The van der Waals surface area contributed by atoms with Crippen molar-refractivity contribution in [2.75, 3.05) is 17.8 Å². The lowest BCUT2D eigenvalue weighted by Crippen LogP contribution is -2.16. The number of rotatable bonds is 4. The molecule has 92 valence electrons. The van der Waals surface area contributed by atoms with Gasteiger partial charge in [-0.25, -0.2) is 8.42 Å². The van der Waals surface area contributed by atoms with Gasteiger partial charge in [-0.2, -0.15) is 0 Å². The lowest BCUT2D eigenvalue weighted by molar-refractivity contribution is -0.119. The minimum Gasteiger partial charge on any atom is -0.299 e. The highest BCUT2D eigenvalue weighted by Crippen LogP contribution is 2.40. The summed E-state index contributed by atoms with van der Waals surface area (Å²) in [5, 5.41) is 0. The smallest absolute Gasteiger partial charge is 0.147 e. The average molecular weight is 270 g/mol. The van der Waals surface area contributed by atoms with Crippen molar-refractivity contribution < 1.29 is 13.2 Å². The van der Waals surface area contributed by atoms with E-state index in [0.29, 0.717) is 0 Å². The Labute approximate surface area is 106 Å². The zero-order chi connectivity index (χ0) is 12.5. The molecular formula is C12H14O3S2. The van der Waals surface area contributed by atoms with E-state index in [4.69, 9.17) is 0 Å². The molecule has 5 heteroatoms. The van der Waals surface area contributed by atoms with Gasteiger partial charge in [0.1, 0.15) is 15.6 Å². The van der Waals surface area contributed by atoms with Crippen LogP contribution in [-0.4, -0.2) is 32.0 Å². The van der Waals surface area contributed by atoms with Crippen LogP contribution in [0.3, 0.4) is 0 Å². The largest absolute Gasteiger partial charge is 0.299 e. The third kappa shape index (κ3) is 3.10. The van der Waals surface area contributed by atoms with Gasteiger partial charge in [0.2, 0.25) is 0 Å². The molecule has 0 aromatic heterocycles. The molecule has 2 rings (SSSR count). The second-order valence-corrected chi connectivity index (χ2v) is 7.57. The molecule has 17 heavy (non-hydrogen) atoms. The second kappa shape index (κ2) is 4.82. The molecule has 1 atom stereocenters. The SMILES string of the molecule is CS(=O)(=O)CCC(=O)C1CSc2ccccc21. The van der Waals surface area contributed by atoms with Crippen molar-refractivity contribution >= 4 is 27.4 Å². The lowest BCUT2D eigenvalue weighted by Gasteiger charge is -2.08. The molecule has 3 nitrogen and oxygen atoms in total. The van der Waals surface area contributed by atoms with E-state index in [9.17, 15) is 13.2 Å². The first-order valence-electron chi connectivity index (χ1n) is 5.39. The summed E-state index contributed by atoms with van der Waals surface area (Å²) in [6, 6.07) is 7.83. The van der Waals surface area contributed by atoms with Crippen molar-refractivity contribution in [2.45, 2.75) is 17.2 Å². The molecule has 0 fully saturated rings. The van der Waals surface area contributed by atoms with Crippen molar-refractivity contribution in [2.24, 2.45) is 0 Å². The van der Waals surface area contributed by atoms with E-state index in [0.717, 1.165) is 22.5 Å². The highest BCUT2D eigenvalue weighted by atomic mass is 32.2. The van der Waals surface area contributed by atoms with Gasteiger partial charge in [0, 0.05) is 23.3 Å². The van der Waals surface area contributed by atoms with Crippen LogP contribution in [0.15, 0.2) is 29.2 Å². The zero-order valence-corrected chi connectivity index (χ0v) is 11.2. The molecule has 0 saturated carbocycles. The molecule has 0 spiro atoms. The zero-order valence-electron chi connectivity index (χ0n) is 9.55. The lowest BCUT2D eigenvalue weighted by atomic mass is 9.95. The molecule has 1 aliphatic rings. The molecule has 1 aliphatic heterocycles. The predicted octanol–water partition coefficient (Wildman–Crippen LogP) is 1.88. The van der Waals surface area contributed by atoms with Gasteiger partial charge in [-0.15, -0.1) is 11.8 Å². The normalized spacial score (nSPS) is 19.0. The second-order valence-electron chi connectivity index (χ2n) is 4.25. The van der Waals surface area contributed by atoms with E-state index >= 15 is 0 Å². The number of Topliss-reactive ketones (excluding diaryl/α,β-unsaturated/α-hetero) is 1. The summed E-state index contributed by atoms with van der Waals surface area (Å²) in [4.78, 5) is 13.1. The van der Waals surface area contributed by atoms with Crippen LogP contribution in [-0.2, 0) is 14.6 Å². The van der Waals surface area contributed by atoms with Crippen LogP contribution < -0.4 is 0 Å². The number of fused-ring (bicyclic) bond motifs is 1. The molecule has 1 aromatic rings. The molecular weight excluding hydrogens is 256 g/mol. The van der Waals surface area contributed by atoms with Crippen LogP contribution in [0.1, 0.15) is 17.9 Å². The number of hydrogen-bond acceptors (Lipinski definition) is 4. The molecule has 0 saturated heterocycles. The molecule has 1 heterocycles. The Balaban J connectivity index is 2.08. The summed E-state index contributed by atoms with van der Waals surface area (Å²) < 4.78 is 22.1. The van der Waals surface area contributed by atoms with Gasteiger partial charge in [-0.3, -0.25) is 4.79 Å². The summed E-state index contributed by atoms with van der Waals surface area (Å²) in [6.07, 6.45) is 1.29. The summed E-state index contributed by atoms with van der Waals surface area (Å²) in [6.45, 7) is 0. The third-order valence-corrected chi connectivity index (χ3v) is 4.94. The number of thioether (sulfide) groups is 1. The molecule has 0 amide bonds. The van der Waals surface area contributed by atoms with Gasteiger partial charge in [0.05, 0.1) is 11.7 Å². The molecule has 0 radical (unpaired) electrons. The maximum absolute atomic E-state index is 12.0. The Morgan fingerprint density at radius 2 is 2.12 bits per heavy atom. The van der Waals surface area contributed by atoms with Crippen molar-refractivity contribution in [1.82, 2.24) is 0 Å². The Morgan fingerprint density at radius 1 is 1.41 bits per heavy atom. The minimum absolute atomic E-state index is 0.0351. The van der Waals surface area contributed by atoms with Gasteiger partial charge < -0.3 is 0 Å². The maximum atomic E-state index is 12.0. The standard InChI is InChI=1S/C12H14O3S2/c1-17(14,15)7-6-11(13)10-8-16-12-5-3-2-4-9(10)12/h2-5,10H,6-8H2,1H3. The number of benzene rings is 1. The quantitative estimate of drug-likeness (QED) is 0.838. The number of carbonyl (C=O) groups excluding carboxylic acids is 1. The number of hydrogen-bond donors (Lipinski definition) is 0. The van der Waals surface area contributed by atoms with E-state index in [1.807, 2.05) is 24.3 Å². The highest BCUT2D eigenvalue weighted by Gasteiger charge is 2.28. The third-order valence-electron chi connectivity index (χ3n) is 2.81. The Kier molecular flexibility index (Phi) is 3.58. The number of ketones is 1. The fourth-order valence-electron chi connectivity index (χ4n) is 1.89. The summed E-state index contributed by atoms with van der Waals surface area (Å²) in [5.74, 6) is 0.600. The van der Waals surface area contributed by atoms with Gasteiger partial charge in [0.15, 0.2) is 0 Å². The van der Waals surface area contributed by atoms with E-state index in [-0.39, 0.29) is 23.9 Å². The first kappa shape index (κ1) is 12.6. The maximum Gasteiger partial charge on any atom is 0.147 e. The van der Waals surface area contributed by atoms with Gasteiger partial charge >= 0.3 is 0 Å². The Bertz CT molecular complexity index is 534. The first-order valence-corrected chi connectivity index (χ1v) is 8.44. The van der Waals surface area contributed by atoms with Crippen LogP contribution in [0.5, 0.6) is 0 Å². The Hall–Kier alpha value is -0.810. The van der Waals surface area contributed by atoms with Gasteiger partial charge in [-0.1, -0.05) is 18.2 Å². The van der Waals surface area contributed by atoms with Gasteiger partial charge in [0.25, 0.3) is 0 Å². The van der Waals surface area contributed by atoms with Crippen molar-refractivity contribution in [3.63, 3.8) is 0 Å².